The van der Waals surface area contributed by atoms with Gasteiger partial charge in [0.25, 0.3) is 5.89 Å². The van der Waals surface area contributed by atoms with Crippen LogP contribution < -0.4 is 5.73 Å². The second kappa shape index (κ2) is 5.22. The molecule has 7 heteroatoms. The predicted octanol–water partition coefficient (Wildman–Crippen LogP) is 3.80. The highest BCUT2D eigenvalue weighted by Gasteiger charge is 2.14. The van der Waals surface area contributed by atoms with Gasteiger partial charge in [-0.05, 0) is 34.1 Å². The largest absolute Gasteiger partial charge is 0.397 e. The fourth-order valence-electron chi connectivity index (χ4n) is 1.71. The molecule has 0 spiro atoms. The lowest BCUT2D eigenvalue weighted by atomic mass is 10.2. The van der Waals surface area contributed by atoms with Crippen LogP contribution >= 0.6 is 27.5 Å². The van der Waals surface area contributed by atoms with Crippen molar-refractivity contribution in [3.05, 3.63) is 46.2 Å². The lowest BCUT2D eigenvalue weighted by Crippen LogP contribution is -1.91. The molecule has 3 aromatic rings. The van der Waals surface area contributed by atoms with E-state index in [0.717, 1.165) is 10.0 Å². The molecule has 3 rings (SSSR count). The summed E-state index contributed by atoms with van der Waals surface area (Å²) in [6.45, 7) is 0. The highest BCUT2D eigenvalue weighted by molar-refractivity contribution is 9.10. The van der Waals surface area contributed by atoms with Crippen molar-refractivity contribution >= 4 is 33.2 Å². The van der Waals surface area contributed by atoms with Gasteiger partial charge < -0.3 is 10.3 Å². The van der Waals surface area contributed by atoms with Gasteiger partial charge in [0.1, 0.15) is 0 Å². The zero-order valence-electron chi connectivity index (χ0n) is 10.0. The average Bonchev–Trinajstić information content (AvgIpc) is 2.91. The van der Waals surface area contributed by atoms with E-state index in [2.05, 4.69) is 31.1 Å². The van der Waals surface area contributed by atoms with E-state index < -0.39 is 0 Å². The summed E-state index contributed by atoms with van der Waals surface area (Å²) >= 11 is 9.32. The summed E-state index contributed by atoms with van der Waals surface area (Å²) in [5, 5.41) is 4.38. The molecule has 0 saturated heterocycles. The van der Waals surface area contributed by atoms with Crippen LogP contribution in [0.2, 0.25) is 5.02 Å². The van der Waals surface area contributed by atoms with Crippen molar-refractivity contribution in [2.75, 3.05) is 5.73 Å². The van der Waals surface area contributed by atoms with Crippen LogP contribution in [0, 0.1) is 0 Å². The number of nitrogen functional groups attached to an aromatic ring is 1. The smallest absolute Gasteiger partial charge is 0.260 e. The summed E-state index contributed by atoms with van der Waals surface area (Å²) in [6, 6.07) is 7.11. The second-order valence-corrected chi connectivity index (χ2v) is 5.34. The third-order valence-corrected chi connectivity index (χ3v) is 3.44. The average molecular weight is 352 g/mol. The van der Waals surface area contributed by atoms with Crippen molar-refractivity contribution in [3.8, 4) is 22.8 Å². The minimum atomic E-state index is 0.319. The maximum absolute atomic E-state index is 5.98. The Morgan fingerprint density at radius 1 is 1.25 bits per heavy atom. The van der Waals surface area contributed by atoms with Crippen LogP contribution in [-0.2, 0) is 0 Å². The number of nitrogens with two attached hydrogens (primary N) is 1. The van der Waals surface area contributed by atoms with Crippen molar-refractivity contribution in [2.45, 2.75) is 0 Å². The Morgan fingerprint density at radius 2 is 2.10 bits per heavy atom. The first-order valence-corrected chi connectivity index (χ1v) is 6.81. The van der Waals surface area contributed by atoms with Gasteiger partial charge in [-0.25, -0.2) is 0 Å². The third kappa shape index (κ3) is 2.39. The topological polar surface area (TPSA) is 77.8 Å². The van der Waals surface area contributed by atoms with Crippen LogP contribution in [0.5, 0.6) is 0 Å². The van der Waals surface area contributed by atoms with Gasteiger partial charge >= 0.3 is 0 Å². The Kier molecular flexibility index (Phi) is 3.42. The van der Waals surface area contributed by atoms with E-state index >= 15 is 0 Å². The van der Waals surface area contributed by atoms with Gasteiger partial charge in [-0.2, -0.15) is 4.98 Å². The third-order valence-electron chi connectivity index (χ3n) is 2.67. The molecule has 0 unspecified atom stereocenters. The molecule has 2 N–H and O–H groups in total. The number of hydrogen-bond acceptors (Lipinski definition) is 5. The quantitative estimate of drug-likeness (QED) is 0.711. The highest BCUT2D eigenvalue weighted by Crippen LogP contribution is 2.31. The monoisotopic (exact) mass is 350 g/mol. The molecule has 0 amide bonds. The molecular weight excluding hydrogens is 344 g/mol. The van der Waals surface area contributed by atoms with Gasteiger partial charge in [-0.1, -0.05) is 22.8 Å². The van der Waals surface area contributed by atoms with Gasteiger partial charge in [0.05, 0.1) is 16.3 Å². The molecule has 0 aliphatic rings. The van der Waals surface area contributed by atoms with Crippen LogP contribution in [0.1, 0.15) is 0 Å². The number of hydrogen-bond donors (Lipinski definition) is 1. The summed E-state index contributed by atoms with van der Waals surface area (Å²) < 4.78 is 6.07. The van der Waals surface area contributed by atoms with Gasteiger partial charge in [0, 0.05) is 22.4 Å². The molecule has 0 fully saturated rings. The van der Waals surface area contributed by atoms with E-state index in [-0.39, 0.29) is 0 Å². The van der Waals surface area contributed by atoms with Crippen molar-refractivity contribution in [1.29, 1.82) is 0 Å². The molecular formula is C13H8BrClN4O. The number of para-hydroxylation sites is 1. The molecule has 0 aliphatic carbocycles. The minimum absolute atomic E-state index is 0.319. The van der Waals surface area contributed by atoms with Gasteiger partial charge in [-0.15, -0.1) is 0 Å². The van der Waals surface area contributed by atoms with Crippen LogP contribution in [0.4, 0.5) is 5.69 Å². The molecule has 20 heavy (non-hydrogen) atoms. The molecule has 0 atom stereocenters. The van der Waals surface area contributed by atoms with Crippen molar-refractivity contribution in [1.82, 2.24) is 15.1 Å². The Morgan fingerprint density at radius 3 is 2.90 bits per heavy atom. The molecule has 1 aromatic carbocycles. The Hall–Kier alpha value is -1.92. The molecule has 2 heterocycles. The normalized spacial score (nSPS) is 10.7. The maximum atomic E-state index is 5.98. The molecule has 0 bridgehead atoms. The van der Waals surface area contributed by atoms with E-state index in [1.54, 1.807) is 30.6 Å². The zero-order chi connectivity index (χ0) is 14.1. The molecule has 100 valence electrons. The van der Waals surface area contributed by atoms with Crippen molar-refractivity contribution in [2.24, 2.45) is 0 Å². The van der Waals surface area contributed by atoms with E-state index in [0.29, 0.717) is 28.0 Å². The SMILES string of the molecule is Nc1c(Cl)cccc1-c1nc(-c2cncc(Br)c2)no1. The van der Waals surface area contributed by atoms with Gasteiger partial charge in [-0.3, -0.25) is 4.98 Å². The summed E-state index contributed by atoms with van der Waals surface area (Å²) in [7, 11) is 0. The Labute approximate surface area is 127 Å². The minimum Gasteiger partial charge on any atom is -0.397 e. The number of aromatic nitrogens is 3. The van der Waals surface area contributed by atoms with Gasteiger partial charge in [0.15, 0.2) is 0 Å². The summed E-state index contributed by atoms with van der Waals surface area (Å²) in [5.74, 6) is 0.758. The van der Waals surface area contributed by atoms with E-state index in [9.17, 15) is 0 Å². The number of halogens is 2. The molecule has 5 nitrogen and oxygen atoms in total. The summed E-state index contributed by atoms with van der Waals surface area (Å²) in [4.78, 5) is 8.38. The fourth-order valence-corrected chi connectivity index (χ4v) is 2.25. The van der Waals surface area contributed by atoms with Crippen LogP contribution in [-0.4, -0.2) is 15.1 Å². The Bertz CT molecular complexity index is 775. The number of nitrogens with zero attached hydrogens (tertiary/aromatic N) is 3. The van der Waals surface area contributed by atoms with Crippen molar-refractivity contribution in [3.63, 3.8) is 0 Å². The van der Waals surface area contributed by atoms with Crippen LogP contribution in [0.15, 0.2) is 45.7 Å². The molecule has 0 aliphatic heterocycles. The Balaban J connectivity index is 2.04. The van der Waals surface area contributed by atoms with Crippen molar-refractivity contribution < 1.29 is 4.52 Å². The van der Waals surface area contributed by atoms with E-state index in [1.165, 1.54) is 0 Å². The van der Waals surface area contributed by atoms with Gasteiger partial charge in [0.2, 0.25) is 5.82 Å². The maximum Gasteiger partial charge on any atom is 0.260 e. The fraction of sp³-hybridized carbons (Fsp3) is 0. The zero-order valence-corrected chi connectivity index (χ0v) is 12.4. The lowest BCUT2D eigenvalue weighted by Gasteiger charge is -2.01. The number of benzene rings is 1. The van der Waals surface area contributed by atoms with Crippen LogP contribution in [0.3, 0.4) is 0 Å². The molecule has 0 saturated carbocycles. The lowest BCUT2D eigenvalue weighted by molar-refractivity contribution is 0.432. The first kappa shape index (κ1) is 13.1. The first-order chi connectivity index (χ1) is 9.65. The second-order valence-electron chi connectivity index (χ2n) is 4.02. The summed E-state index contributed by atoms with van der Waals surface area (Å²) in [6.07, 6.45) is 3.33. The molecule has 2 aromatic heterocycles. The van der Waals surface area contributed by atoms with E-state index in [1.807, 2.05) is 6.07 Å². The van der Waals surface area contributed by atoms with Crippen LogP contribution in [0.25, 0.3) is 22.8 Å². The number of pyridine rings is 1. The highest BCUT2D eigenvalue weighted by atomic mass is 79.9. The summed E-state index contributed by atoms with van der Waals surface area (Å²) in [5.41, 5.74) is 7.68. The predicted molar refractivity (Wildman–Crippen MR) is 80.1 cm³/mol. The standard InChI is InChI=1S/C13H8BrClN4O/c14-8-4-7(5-17-6-8)12-18-13(20-19-12)9-2-1-3-10(15)11(9)16/h1-6H,16H2. The first-order valence-electron chi connectivity index (χ1n) is 5.64. The van der Waals surface area contributed by atoms with E-state index in [4.69, 9.17) is 21.9 Å². The number of anilines is 1. The molecule has 0 radical (unpaired) electrons. The number of rotatable bonds is 2.